The van der Waals surface area contributed by atoms with Gasteiger partial charge in [0.05, 0.1) is 28.9 Å². The summed E-state index contributed by atoms with van der Waals surface area (Å²) < 4.78 is 0. The molecular formula is C36H24N4. The summed E-state index contributed by atoms with van der Waals surface area (Å²) in [7, 11) is 0. The van der Waals surface area contributed by atoms with Crippen molar-refractivity contribution in [3.63, 3.8) is 0 Å². The molecule has 4 nitrogen and oxygen atoms in total. The number of rotatable bonds is 0. The van der Waals surface area contributed by atoms with E-state index in [1.54, 1.807) is 0 Å². The first kappa shape index (κ1) is 21.8. The summed E-state index contributed by atoms with van der Waals surface area (Å²) in [6.45, 7) is 0. The monoisotopic (exact) mass is 512 g/mol. The third kappa shape index (κ3) is 3.16. The minimum atomic E-state index is 0.00764. The Kier molecular flexibility index (Phi) is 4.47. The lowest BCUT2D eigenvalue weighted by Crippen LogP contribution is -2.21. The Morgan fingerprint density at radius 3 is 1.95 bits per heavy atom. The lowest BCUT2D eigenvalue weighted by molar-refractivity contribution is 0.565. The second kappa shape index (κ2) is 8.20. The van der Waals surface area contributed by atoms with Gasteiger partial charge < -0.3 is 4.98 Å². The number of nitrogens with one attached hydrogen (secondary N) is 1. The van der Waals surface area contributed by atoms with Crippen LogP contribution in [0.4, 0.5) is 0 Å². The maximum atomic E-state index is 5.31. The number of aromatic amines is 1. The first-order chi connectivity index (χ1) is 19.8. The molecule has 1 aromatic heterocycles. The molecule has 0 saturated heterocycles. The predicted molar refractivity (Wildman–Crippen MR) is 165 cm³/mol. The number of fused-ring (bicyclic) bond motifs is 17. The van der Waals surface area contributed by atoms with Crippen LogP contribution in [0.15, 0.2) is 124 Å². The Balaban J connectivity index is 1.37. The minimum absolute atomic E-state index is 0.00764. The standard InChI is InChI=1S/C36H24N4/c1-2-10-22-21(9-1)29-17-31-23-11-3-4-12-24(23)33(38-31)19-35-27-15-7-8-16-28(27)36(40-35)20-34-26-14-6-5-13-25(26)32(39-34)18-30(22)37-29/h1-22,29,39H. The van der Waals surface area contributed by atoms with Crippen molar-refractivity contribution in [1.82, 2.24) is 4.98 Å². The topological polar surface area (TPSA) is 52.9 Å². The van der Waals surface area contributed by atoms with E-state index in [0.717, 1.165) is 61.5 Å². The first-order valence-corrected chi connectivity index (χ1v) is 13.8. The zero-order chi connectivity index (χ0) is 26.2. The molecule has 1 aliphatic carbocycles. The van der Waals surface area contributed by atoms with E-state index >= 15 is 0 Å². The van der Waals surface area contributed by atoms with E-state index in [-0.39, 0.29) is 17.9 Å². The zero-order valence-electron chi connectivity index (χ0n) is 21.6. The predicted octanol–water partition coefficient (Wildman–Crippen LogP) is 5.61. The summed E-state index contributed by atoms with van der Waals surface area (Å²) >= 11 is 0. The number of hydrogen-bond donors (Lipinski definition) is 1. The summed E-state index contributed by atoms with van der Waals surface area (Å²) in [5.74, 6) is 0.497. The fraction of sp³-hybridized carbons (Fsp3) is 0.0833. The highest BCUT2D eigenvalue weighted by molar-refractivity contribution is 6.29. The van der Waals surface area contributed by atoms with Crippen LogP contribution in [0.1, 0.15) is 22.3 Å². The lowest BCUT2D eigenvalue weighted by atomic mass is 9.83. The largest absolute Gasteiger partial charge is 0.354 e. The number of nitrogens with zero attached hydrogens (tertiary/aromatic N) is 3. The van der Waals surface area contributed by atoms with E-state index < -0.39 is 0 Å². The van der Waals surface area contributed by atoms with Crippen LogP contribution in [0, 0.1) is 11.8 Å². The molecule has 5 aliphatic rings. The van der Waals surface area contributed by atoms with Gasteiger partial charge in [-0.15, -0.1) is 0 Å². The highest BCUT2D eigenvalue weighted by Crippen LogP contribution is 2.38. The van der Waals surface area contributed by atoms with Gasteiger partial charge in [-0.25, -0.2) is 9.98 Å². The SMILES string of the molecule is C1=CC2C3=NC(C=C4N=C(C=C5N=C(C=c6[nH]c(c7ccccc67)=C3)c3ccccc35)c3ccccc34)C2C=C1. The van der Waals surface area contributed by atoms with Gasteiger partial charge in [0, 0.05) is 61.3 Å². The Bertz CT molecular complexity index is 2130. The van der Waals surface area contributed by atoms with Crippen molar-refractivity contribution < 1.29 is 0 Å². The van der Waals surface area contributed by atoms with E-state index in [2.05, 4.69) is 126 Å². The minimum Gasteiger partial charge on any atom is -0.354 e. The summed E-state index contributed by atoms with van der Waals surface area (Å²) in [6, 6.07) is 25.6. The Labute approximate surface area is 231 Å². The van der Waals surface area contributed by atoms with Crippen LogP contribution in [-0.2, 0) is 0 Å². The smallest absolute Gasteiger partial charge is 0.0779 e. The summed E-state index contributed by atoms with van der Waals surface area (Å²) in [5.41, 5.74) is 9.47. The first-order valence-electron chi connectivity index (χ1n) is 13.8. The molecule has 4 aromatic rings. The summed E-state index contributed by atoms with van der Waals surface area (Å²) in [6.07, 6.45) is 17.7. The van der Waals surface area contributed by atoms with E-state index in [9.17, 15) is 0 Å². The average Bonchev–Trinajstić information content (AvgIpc) is 3.73. The molecule has 5 heterocycles. The van der Waals surface area contributed by atoms with Crippen molar-refractivity contribution in [2.45, 2.75) is 6.04 Å². The second-order valence-corrected chi connectivity index (χ2v) is 10.9. The second-order valence-electron chi connectivity index (χ2n) is 10.9. The lowest BCUT2D eigenvalue weighted by Gasteiger charge is -2.19. The molecule has 0 spiro atoms. The van der Waals surface area contributed by atoms with Crippen molar-refractivity contribution in [3.05, 3.63) is 142 Å². The van der Waals surface area contributed by atoms with Gasteiger partial charge in [-0.3, -0.25) is 4.99 Å². The Hall–Kier alpha value is -5.09. The molecule has 0 radical (unpaired) electrons. The zero-order valence-corrected chi connectivity index (χ0v) is 21.6. The van der Waals surface area contributed by atoms with E-state index in [4.69, 9.17) is 15.0 Å². The average molecular weight is 513 g/mol. The molecule has 188 valence electrons. The van der Waals surface area contributed by atoms with Crippen molar-refractivity contribution in [2.75, 3.05) is 0 Å². The van der Waals surface area contributed by atoms with Crippen LogP contribution in [0.5, 0.6) is 0 Å². The fourth-order valence-electron chi connectivity index (χ4n) is 6.73. The Morgan fingerprint density at radius 1 is 0.575 bits per heavy atom. The van der Waals surface area contributed by atoms with Gasteiger partial charge >= 0.3 is 0 Å². The molecule has 1 N–H and O–H groups in total. The molecule has 4 heteroatoms. The normalized spacial score (nSPS) is 23.2. The summed E-state index contributed by atoms with van der Waals surface area (Å²) in [5, 5.41) is 4.51. The van der Waals surface area contributed by atoms with Crippen molar-refractivity contribution in [2.24, 2.45) is 26.8 Å². The number of aromatic nitrogens is 1. The highest BCUT2D eigenvalue weighted by Gasteiger charge is 2.36. The van der Waals surface area contributed by atoms with Gasteiger partial charge in [0.15, 0.2) is 0 Å². The molecule has 9 rings (SSSR count). The van der Waals surface area contributed by atoms with Crippen LogP contribution in [0.3, 0.4) is 0 Å². The number of aliphatic imine (C=N–C) groups is 3. The van der Waals surface area contributed by atoms with Crippen LogP contribution >= 0.6 is 0 Å². The molecule has 0 saturated carbocycles. The van der Waals surface area contributed by atoms with E-state index in [1.165, 1.54) is 10.8 Å². The van der Waals surface area contributed by atoms with Gasteiger partial charge in [0.2, 0.25) is 0 Å². The van der Waals surface area contributed by atoms with Crippen molar-refractivity contribution in [3.8, 4) is 0 Å². The maximum Gasteiger partial charge on any atom is 0.0779 e. The molecule has 40 heavy (non-hydrogen) atoms. The Morgan fingerprint density at radius 2 is 1.18 bits per heavy atom. The van der Waals surface area contributed by atoms with Crippen LogP contribution < -0.4 is 10.7 Å². The van der Waals surface area contributed by atoms with Crippen LogP contribution in [-0.4, -0.2) is 28.2 Å². The number of hydrogen-bond acceptors (Lipinski definition) is 3. The van der Waals surface area contributed by atoms with Gasteiger partial charge in [0.25, 0.3) is 0 Å². The van der Waals surface area contributed by atoms with Gasteiger partial charge in [0.1, 0.15) is 0 Å². The third-order valence-electron chi connectivity index (χ3n) is 8.60. The molecule has 0 fully saturated rings. The molecular weight excluding hydrogens is 488 g/mol. The van der Waals surface area contributed by atoms with Gasteiger partial charge in [-0.1, -0.05) is 97.1 Å². The fourth-order valence-corrected chi connectivity index (χ4v) is 6.73. The third-order valence-corrected chi connectivity index (χ3v) is 8.60. The van der Waals surface area contributed by atoms with Gasteiger partial charge in [-0.2, -0.15) is 0 Å². The number of benzene rings is 3. The maximum absolute atomic E-state index is 5.31. The van der Waals surface area contributed by atoms with E-state index in [1.807, 2.05) is 0 Å². The van der Waals surface area contributed by atoms with Gasteiger partial charge in [-0.05, 0) is 24.3 Å². The van der Waals surface area contributed by atoms with Crippen molar-refractivity contribution in [1.29, 1.82) is 0 Å². The quantitative estimate of drug-likeness (QED) is 0.318. The molecule has 3 unspecified atom stereocenters. The molecule has 8 bridgehead atoms. The highest BCUT2D eigenvalue weighted by atomic mass is 14.9. The van der Waals surface area contributed by atoms with E-state index in [0.29, 0.717) is 0 Å². The number of H-pyrrole nitrogens is 1. The van der Waals surface area contributed by atoms with Crippen molar-refractivity contribution >= 4 is 51.5 Å². The van der Waals surface area contributed by atoms with Crippen LogP contribution in [0.2, 0.25) is 0 Å². The molecule has 3 atom stereocenters. The summed E-state index contributed by atoms with van der Waals surface area (Å²) in [4.78, 5) is 19.4. The molecule has 0 amide bonds. The molecule has 3 aromatic carbocycles. The molecule has 4 aliphatic heterocycles. The van der Waals surface area contributed by atoms with Crippen LogP contribution in [0.25, 0.3) is 34.3 Å². The number of allylic oxidation sites excluding steroid dienone is 4.